The van der Waals surface area contributed by atoms with E-state index in [0.717, 1.165) is 6.08 Å². The van der Waals surface area contributed by atoms with Crippen LogP contribution in [0.15, 0.2) is 22.2 Å². The van der Waals surface area contributed by atoms with Crippen molar-refractivity contribution in [2.24, 2.45) is 0 Å². The van der Waals surface area contributed by atoms with E-state index in [1.165, 1.54) is 11.8 Å². The highest BCUT2D eigenvalue weighted by Crippen LogP contribution is 2.40. The number of halogens is 4. The molecular formula is C16H15BrF3NO6S. The summed E-state index contributed by atoms with van der Waals surface area (Å²) in [5, 5.41) is 9.06. The van der Waals surface area contributed by atoms with E-state index >= 15 is 0 Å². The molecule has 0 N–H and O–H groups in total. The molecule has 7 nitrogen and oxygen atoms in total. The van der Waals surface area contributed by atoms with E-state index in [1.807, 2.05) is 0 Å². The first-order valence-corrected chi connectivity index (χ1v) is 9.81. The van der Waals surface area contributed by atoms with Gasteiger partial charge in [-0.25, -0.2) is 4.79 Å². The fourth-order valence-electron chi connectivity index (χ4n) is 2.41. The largest absolute Gasteiger partial charge is 0.475 e. The molecule has 0 amide bonds. The maximum Gasteiger partial charge on any atom is 0.430 e. The summed E-state index contributed by atoms with van der Waals surface area (Å²) in [4.78, 5) is 26.3. The SMILES string of the molecule is Cc1cc(Br)cc2c1OC(C(F)(F)F)C(C(=O)OCCSCCO[N+](=O)[O-])=C2. The predicted octanol–water partition coefficient (Wildman–Crippen LogP) is 3.95. The monoisotopic (exact) mass is 485 g/mol. The molecule has 1 unspecified atom stereocenters. The number of thioether (sulfide) groups is 1. The van der Waals surface area contributed by atoms with E-state index in [9.17, 15) is 28.1 Å². The third-order valence-corrected chi connectivity index (χ3v) is 4.88. The summed E-state index contributed by atoms with van der Waals surface area (Å²) < 4.78 is 50.8. The first-order valence-electron chi connectivity index (χ1n) is 7.87. The summed E-state index contributed by atoms with van der Waals surface area (Å²) in [6, 6.07) is 3.16. The van der Waals surface area contributed by atoms with Gasteiger partial charge in [-0.15, -0.1) is 10.1 Å². The Morgan fingerprint density at radius 2 is 2.04 bits per heavy atom. The lowest BCUT2D eigenvalue weighted by molar-refractivity contribution is -0.756. The van der Waals surface area contributed by atoms with Crippen LogP contribution in [0.1, 0.15) is 11.1 Å². The zero-order valence-corrected chi connectivity index (χ0v) is 16.9. The van der Waals surface area contributed by atoms with Gasteiger partial charge in [0, 0.05) is 21.5 Å². The number of fused-ring (bicyclic) bond motifs is 1. The molecule has 0 spiro atoms. The summed E-state index contributed by atoms with van der Waals surface area (Å²) >= 11 is 4.45. The van der Waals surface area contributed by atoms with E-state index in [-0.39, 0.29) is 30.5 Å². The summed E-state index contributed by atoms with van der Waals surface area (Å²) in [6.45, 7) is 1.31. The van der Waals surface area contributed by atoms with Crippen LogP contribution in [0, 0.1) is 17.0 Å². The number of hydrogen-bond donors (Lipinski definition) is 0. The van der Waals surface area contributed by atoms with Crippen molar-refractivity contribution in [3.63, 3.8) is 0 Å². The maximum absolute atomic E-state index is 13.4. The van der Waals surface area contributed by atoms with Crippen LogP contribution in [-0.2, 0) is 14.4 Å². The van der Waals surface area contributed by atoms with E-state index in [2.05, 4.69) is 20.8 Å². The summed E-state index contributed by atoms with van der Waals surface area (Å²) in [5.41, 5.74) is 0.195. The Balaban J connectivity index is 2.04. The highest BCUT2D eigenvalue weighted by molar-refractivity contribution is 9.10. The molecule has 1 aliphatic heterocycles. The minimum absolute atomic E-state index is 0.0587. The summed E-state index contributed by atoms with van der Waals surface area (Å²) in [6.07, 6.45) is -6.10. The lowest BCUT2D eigenvalue weighted by Gasteiger charge is -2.29. The van der Waals surface area contributed by atoms with Gasteiger partial charge in [0.25, 0.3) is 5.09 Å². The fraction of sp³-hybridized carbons (Fsp3) is 0.438. The molecule has 1 aliphatic rings. The Hall–Kier alpha value is -1.95. The Labute approximate surface area is 170 Å². The van der Waals surface area contributed by atoms with Crippen molar-refractivity contribution < 1.29 is 37.4 Å². The van der Waals surface area contributed by atoms with Gasteiger partial charge in [-0.05, 0) is 30.7 Å². The Kier molecular flexibility index (Phi) is 7.58. The Morgan fingerprint density at radius 3 is 2.68 bits per heavy atom. The normalized spacial score (nSPS) is 15.9. The number of nitrogens with zero attached hydrogens (tertiary/aromatic N) is 1. The van der Waals surface area contributed by atoms with Crippen LogP contribution in [0.3, 0.4) is 0 Å². The lowest BCUT2D eigenvalue weighted by Crippen LogP contribution is -2.41. The molecule has 1 aromatic rings. The first-order chi connectivity index (χ1) is 13.1. The maximum atomic E-state index is 13.4. The average Bonchev–Trinajstić information content (AvgIpc) is 2.58. The van der Waals surface area contributed by atoms with Gasteiger partial charge < -0.3 is 14.3 Å². The van der Waals surface area contributed by atoms with Crippen molar-refractivity contribution in [1.82, 2.24) is 0 Å². The van der Waals surface area contributed by atoms with Crippen LogP contribution in [0.5, 0.6) is 5.75 Å². The molecule has 0 saturated heterocycles. The standard InChI is InChI=1S/C16H15BrF3NO6S/c1-9-6-11(17)7-10-8-12(14(16(18,19)20)27-13(9)10)15(22)25-2-4-28-5-3-26-21(23)24/h6-8,14H,2-5H2,1H3. The number of carbonyl (C=O) groups is 1. The second-order valence-electron chi connectivity index (χ2n) is 5.59. The van der Waals surface area contributed by atoms with Gasteiger partial charge in [-0.3, -0.25) is 0 Å². The van der Waals surface area contributed by atoms with Crippen molar-refractivity contribution in [2.75, 3.05) is 24.7 Å². The Morgan fingerprint density at radius 1 is 1.36 bits per heavy atom. The highest BCUT2D eigenvalue weighted by atomic mass is 79.9. The molecule has 0 bridgehead atoms. The number of ether oxygens (including phenoxy) is 2. The minimum atomic E-state index is -4.79. The van der Waals surface area contributed by atoms with E-state index < -0.39 is 28.9 Å². The molecule has 1 heterocycles. The van der Waals surface area contributed by atoms with Crippen molar-refractivity contribution in [1.29, 1.82) is 0 Å². The fourth-order valence-corrected chi connectivity index (χ4v) is 3.59. The topological polar surface area (TPSA) is 87.9 Å². The number of aryl methyl sites for hydroxylation is 1. The molecule has 1 atom stereocenters. The van der Waals surface area contributed by atoms with Crippen LogP contribution in [0.2, 0.25) is 0 Å². The van der Waals surface area contributed by atoms with E-state index in [0.29, 0.717) is 15.6 Å². The number of benzene rings is 1. The second-order valence-corrected chi connectivity index (χ2v) is 7.73. The molecule has 0 aromatic heterocycles. The number of esters is 1. The third kappa shape index (κ3) is 6.03. The third-order valence-electron chi connectivity index (χ3n) is 3.52. The van der Waals surface area contributed by atoms with E-state index in [4.69, 9.17) is 9.47 Å². The smallest absolute Gasteiger partial charge is 0.430 e. The van der Waals surface area contributed by atoms with Crippen molar-refractivity contribution in [2.45, 2.75) is 19.2 Å². The highest BCUT2D eigenvalue weighted by Gasteiger charge is 2.49. The average molecular weight is 486 g/mol. The molecular weight excluding hydrogens is 471 g/mol. The van der Waals surface area contributed by atoms with Crippen LogP contribution >= 0.6 is 27.7 Å². The van der Waals surface area contributed by atoms with E-state index in [1.54, 1.807) is 19.1 Å². The van der Waals surface area contributed by atoms with Crippen LogP contribution < -0.4 is 4.74 Å². The molecule has 0 fully saturated rings. The van der Waals surface area contributed by atoms with Gasteiger partial charge >= 0.3 is 12.1 Å². The second kappa shape index (κ2) is 9.50. The quantitative estimate of drug-likeness (QED) is 0.238. The van der Waals surface area contributed by atoms with Crippen LogP contribution in [-0.4, -0.2) is 48.1 Å². The molecule has 28 heavy (non-hydrogen) atoms. The van der Waals surface area contributed by atoms with Crippen LogP contribution in [0.25, 0.3) is 6.08 Å². The molecule has 0 aliphatic carbocycles. The van der Waals surface area contributed by atoms with Crippen molar-refractivity contribution in [3.05, 3.63) is 43.4 Å². The van der Waals surface area contributed by atoms with Gasteiger partial charge in [-0.2, -0.15) is 24.9 Å². The lowest BCUT2D eigenvalue weighted by atomic mass is 9.99. The molecule has 0 saturated carbocycles. The number of rotatable bonds is 8. The van der Waals surface area contributed by atoms with Gasteiger partial charge in [0.2, 0.25) is 6.10 Å². The molecule has 2 rings (SSSR count). The zero-order chi connectivity index (χ0) is 20.9. The van der Waals surface area contributed by atoms with Crippen LogP contribution in [0.4, 0.5) is 13.2 Å². The van der Waals surface area contributed by atoms with Crippen molar-refractivity contribution >= 4 is 39.7 Å². The molecule has 1 aromatic carbocycles. The zero-order valence-electron chi connectivity index (χ0n) is 14.5. The number of alkyl halides is 3. The predicted molar refractivity (Wildman–Crippen MR) is 98.6 cm³/mol. The summed E-state index contributed by atoms with van der Waals surface area (Å²) in [7, 11) is 0. The Bertz CT molecular complexity index is 786. The molecule has 154 valence electrons. The van der Waals surface area contributed by atoms with Gasteiger partial charge in [0.1, 0.15) is 19.0 Å². The summed E-state index contributed by atoms with van der Waals surface area (Å²) in [5.74, 6) is -0.550. The molecule has 12 heteroatoms. The van der Waals surface area contributed by atoms with Gasteiger partial charge in [0.15, 0.2) is 0 Å². The molecule has 0 radical (unpaired) electrons. The van der Waals surface area contributed by atoms with Gasteiger partial charge in [0.05, 0.1) is 5.57 Å². The van der Waals surface area contributed by atoms with Gasteiger partial charge in [-0.1, -0.05) is 15.9 Å². The first kappa shape index (κ1) is 22.3. The number of hydrogen-bond acceptors (Lipinski definition) is 7. The minimum Gasteiger partial charge on any atom is -0.475 e. The number of carbonyl (C=O) groups excluding carboxylic acids is 1. The van der Waals surface area contributed by atoms with Crippen molar-refractivity contribution in [3.8, 4) is 5.75 Å².